The van der Waals surface area contributed by atoms with Crippen molar-refractivity contribution in [2.75, 3.05) is 0 Å². The van der Waals surface area contributed by atoms with Crippen LogP contribution in [0.3, 0.4) is 0 Å². The second kappa shape index (κ2) is 5.19. The first-order chi connectivity index (χ1) is 9.67. The lowest BCUT2D eigenvalue weighted by Gasteiger charge is -2.24. The van der Waals surface area contributed by atoms with Crippen LogP contribution in [0.1, 0.15) is 43.4 Å². The number of quaternary nitrogens is 1. The summed E-state index contributed by atoms with van der Waals surface area (Å²) in [4.78, 5) is 0. The Hall–Kier alpha value is -1.38. The van der Waals surface area contributed by atoms with Crippen LogP contribution >= 0.6 is 0 Å². The first-order valence-corrected chi connectivity index (χ1v) is 7.62. The molecule has 0 radical (unpaired) electrons. The van der Waals surface area contributed by atoms with Gasteiger partial charge in [0.2, 0.25) is 0 Å². The lowest BCUT2D eigenvalue weighted by atomic mass is 9.83. The highest BCUT2D eigenvalue weighted by molar-refractivity contribution is 5.88. The van der Waals surface area contributed by atoms with Gasteiger partial charge in [0.1, 0.15) is 0 Å². The molecule has 0 bridgehead atoms. The molecule has 1 aliphatic heterocycles. The molecule has 0 saturated heterocycles. The van der Waals surface area contributed by atoms with E-state index in [1.165, 1.54) is 27.5 Å². The van der Waals surface area contributed by atoms with E-state index in [-0.39, 0.29) is 5.54 Å². The summed E-state index contributed by atoms with van der Waals surface area (Å²) < 4.78 is 5.73. The van der Waals surface area contributed by atoms with E-state index in [2.05, 4.69) is 49.9 Å². The van der Waals surface area contributed by atoms with Gasteiger partial charge in [0.15, 0.2) is 0 Å². The van der Waals surface area contributed by atoms with Gasteiger partial charge in [-0.25, -0.2) is 0 Å². The van der Waals surface area contributed by atoms with E-state index in [0.29, 0.717) is 0 Å². The third-order valence-electron chi connectivity index (χ3n) is 4.93. The van der Waals surface area contributed by atoms with Crippen molar-refractivity contribution in [3.8, 4) is 0 Å². The first kappa shape index (κ1) is 13.6. The van der Waals surface area contributed by atoms with Crippen molar-refractivity contribution in [2.24, 2.45) is 0 Å². The molecular weight excluding hydrogens is 246 g/mol. The molecule has 0 atom stereocenters. The summed E-state index contributed by atoms with van der Waals surface area (Å²) in [7, 11) is 0. The SMILES string of the molecule is CCC([NH3+])(CC)Cc1cc2ccccc2c2c1COC2. The maximum absolute atomic E-state index is 5.73. The third-order valence-corrected chi connectivity index (χ3v) is 4.93. The van der Waals surface area contributed by atoms with Gasteiger partial charge >= 0.3 is 0 Å². The second-order valence-electron chi connectivity index (χ2n) is 6.09. The monoisotopic (exact) mass is 270 g/mol. The number of rotatable bonds is 4. The van der Waals surface area contributed by atoms with Crippen molar-refractivity contribution in [3.05, 3.63) is 47.0 Å². The molecule has 0 unspecified atom stereocenters. The van der Waals surface area contributed by atoms with Gasteiger partial charge in [0, 0.05) is 6.42 Å². The predicted octanol–water partition coefficient (Wildman–Crippen LogP) is 3.21. The minimum atomic E-state index is 0.152. The number of hydrogen-bond donors (Lipinski definition) is 1. The van der Waals surface area contributed by atoms with Crippen molar-refractivity contribution in [2.45, 2.75) is 51.9 Å². The average Bonchev–Trinajstić information content (AvgIpc) is 2.97. The van der Waals surface area contributed by atoms with E-state index in [9.17, 15) is 0 Å². The Labute approximate surface area is 120 Å². The summed E-state index contributed by atoms with van der Waals surface area (Å²) in [5, 5.41) is 2.69. The molecule has 20 heavy (non-hydrogen) atoms. The molecular formula is C18H24NO+. The lowest BCUT2D eigenvalue weighted by Crippen LogP contribution is -2.73. The summed E-state index contributed by atoms with van der Waals surface area (Å²) in [5.74, 6) is 0. The van der Waals surface area contributed by atoms with Crippen molar-refractivity contribution in [1.29, 1.82) is 0 Å². The van der Waals surface area contributed by atoms with Gasteiger partial charge in [0.05, 0.1) is 18.8 Å². The fourth-order valence-corrected chi connectivity index (χ4v) is 3.19. The molecule has 2 aromatic rings. The van der Waals surface area contributed by atoms with Gasteiger partial charge in [-0.15, -0.1) is 0 Å². The van der Waals surface area contributed by atoms with Crippen LogP contribution in [0.4, 0.5) is 0 Å². The molecule has 0 aromatic heterocycles. The zero-order valence-corrected chi connectivity index (χ0v) is 12.5. The lowest BCUT2D eigenvalue weighted by molar-refractivity contribution is -0.479. The first-order valence-electron chi connectivity index (χ1n) is 7.62. The zero-order valence-electron chi connectivity index (χ0n) is 12.5. The molecule has 2 nitrogen and oxygen atoms in total. The van der Waals surface area contributed by atoms with E-state index in [1.54, 1.807) is 0 Å². The molecule has 3 rings (SSSR count). The average molecular weight is 270 g/mol. The Bertz CT molecular complexity index is 629. The van der Waals surface area contributed by atoms with Gasteiger partial charge in [-0.1, -0.05) is 44.2 Å². The van der Waals surface area contributed by atoms with Gasteiger partial charge in [0.25, 0.3) is 0 Å². The van der Waals surface area contributed by atoms with Gasteiger partial charge < -0.3 is 10.5 Å². The van der Waals surface area contributed by atoms with Crippen LogP contribution in [0.5, 0.6) is 0 Å². The fraction of sp³-hybridized carbons (Fsp3) is 0.444. The largest absolute Gasteiger partial charge is 0.372 e. The predicted molar refractivity (Wildman–Crippen MR) is 82.3 cm³/mol. The van der Waals surface area contributed by atoms with E-state index in [1.807, 2.05) is 0 Å². The van der Waals surface area contributed by atoms with Crippen LogP contribution in [0.2, 0.25) is 0 Å². The molecule has 2 heteroatoms. The van der Waals surface area contributed by atoms with Crippen LogP contribution in [-0.4, -0.2) is 5.54 Å². The van der Waals surface area contributed by atoms with Crippen LogP contribution in [0.15, 0.2) is 30.3 Å². The Morgan fingerprint density at radius 3 is 2.55 bits per heavy atom. The van der Waals surface area contributed by atoms with Gasteiger partial charge in [-0.05, 0) is 40.3 Å². The quantitative estimate of drug-likeness (QED) is 0.910. The highest BCUT2D eigenvalue weighted by atomic mass is 16.5. The van der Waals surface area contributed by atoms with Gasteiger partial charge in [-0.2, -0.15) is 0 Å². The summed E-state index contributed by atoms with van der Waals surface area (Å²) in [5.41, 5.74) is 8.87. The zero-order chi connectivity index (χ0) is 14.2. The van der Waals surface area contributed by atoms with E-state index < -0.39 is 0 Å². The summed E-state index contributed by atoms with van der Waals surface area (Å²) in [6, 6.07) is 11.0. The minimum absolute atomic E-state index is 0.152. The summed E-state index contributed by atoms with van der Waals surface area (Å²) in [6.07, 6.45) is 3.29. The van der Waals surface area contributed by atoms with Crippen LogP contribution < -0.4 is 5.73 Å². The fourth-order valence-electron chi connectivity index (χ4n) is 3.19. The Morgan fingerprint density at radius 2 is 1.80 bits per heavy atom. The molecule has 1 aliphatic rings. The van der Waals surface area contributed by atoms with Crippen molar-refractivity contribution < 1.29 is 10.5 Å². The topological polar surface area (TPSA) is 36.9 Å². The molecule has 0 fully saturated rings. The molecule has 2 aromatic carbocycles. The van der Waals surface area contributed by atoms with Crippen molar-refractivity contribution >= 4 is 10.8 Å². The number of fused-ring (bicyclic) bond motifs is 3. The van der Waals surface area contributed by atoms with Crippen LogP contribution in [-0.2, 0) is 24.4 Å². The van der Waals surface area contributed by atoms with Gasteiger partial charge in [-0.3, -0.25) is 0 Å². The second-order valence-corrected chi connectivity index (χ2v) is 6.09. The Kier molecular flexibility index (Phi) is 3.53. The smallest absolute Gasteiger partial charge is 0.0981 e. The van der Waals surface area contributed by atoms with Crippen LogP contribution in [0, 0.1) is 0 Å². The maximum Gasteiger partial charge on any atom is 0.0981 e. The number of benzene rings is 2. The summed E-state index contributed by atoms with van der Waals surface area (Å²) in [6.45, 7) is 6.01. The van der Waals surface area contributed by atoms with E-state index >= 15 is 0 Å². The molecule has 0 spiro atoms. The molecule has 1 heterocycles. The summed E-state index contributed by atoms with van der Waals surface area (Å²) >= 11 is 0. The molecule has 106 valence electrons. The maximum atomic E-state index is 5.73. The Morgan fingerprint density at radius 1 is 1.10 bits per heavy atom. The third kappa shape index (κ3) is 2.23. The molecule has 0 amide bonds. The highest BCUT2D eigenvalue weighted by Crippen LogP contribution is 2.33. The normalized spacial score (nSPS) is 14.8. The number of hydrogen-bond acceptors (Lipinski definition) is 1. The number of ether oxygens (including phenoxy) is 1. The highest BCUT2D eigenvalue weighted by Gasteiger charge is 2.28. The minimum Gasteiger partial charge on any atom is -0.372 e. The van der Waals surface area contributed by atoms with Crippen molar-refractivity contribution in [3.63, 3.8) is 0 Å². The standard InChI is InChI=1S/C18H23NO/c1-3-18(19,4-2)10-14-9-13-7-5-6-8-15(13)17-12-20-11-16(14)17/h5-9H,3-4,10-12,19H2,1-2H3/p+1. The molecule has 0 aliphatic carbocycles. The van der Waals surface area contributed by atoms with Crippen LogP contribution in [0.25, 0.3) is 10.8 Å². The Balaban J connectivity index is 2.12. The van der Waals surface area contributed by atoms with E-state index in [0.717, 1.165) is 32.5 Å². The van der Waals surface area contributed by atoms with E-state index in [4.69, 9.17) is 4.74 Å². The molecule has 3 N–H and O–H groups in total. The van der Waals surface area contributed by atoms with Crippen molar-refractivity contribution in [1.82, 2.24) is 0 Å². The molecule has 0 saturated carbocycles.